The van der Waals surface area contributed by atoms with Crippen molar-refractivity contribution >= 4 is 33.4 Å². The molecule has 1 aromatic heterocycles. The second-order valence-corrected chi connectivity index (χ2v) is 7.51. The van der Waals surface area contributed by atoms with Gasteiger partial charge in [0.15, 0.2) is 6.10 Å². The molecule has 1 atom stereocenters. The summed E-state index contributed by atoms with van der Waals surface area (Å²) in [5.41, 5.74) is -0.399. The van der Waals surface area contributed by atoms with E-state index in [9.17, 15) is 22.8 Å². The lowest BCUT2D eigenvalue weighted by Gasteiger charge is -2.20. The number of benzene rings is 2. The minimum absolute atomic E-state index is 0.226. The van der Waals surface area contributed by atoms with Crippen LogP contribution in [-0.4, -0.2) is 34.9 Å². The molecule has 2 aromatic carbocycles. The van der Waals surface area contributed by atoms with Gasteiger partial charge in [-0.15, -0.1) is 11.3 Å². The Hall–Kier alpha value is -2.94. The van der Waals surface area contributed by atoms with Crippen molar-refractivity contribution in [2.75, 3.05) is 7.05 Å². The molecule has 152 valence electrons. The molecule has 0 saturated carbocycles. The van der Waals surface area contributed by atoms with E-state index < -0.39 is 29.7 Å². The SMILES string of the molecule is CC(OC(=O)c1cccc(C(F)(F)F)c1)C(=O)N(C)Cc1nc2ccccc2s1. The zero-order valence-electron chi connectivity index (χ0n) is 15.6. The van der Waals surface area contributed by atoms with E-state index >= 15 is 0 Å². The van der Waals surface area contributed by atoms with E-state index in [1.807, 2.05) is 24.3 Å². The topological polar surface area (TPSA) is 59.5 Å². The summed E-state index contributed by atoms with van der Waals surface area (Å²) in [6, 6.07) is 11.4. The average molecular weight is 422 g/mol. The number of carbonyl (C=O) groups excluding carboxylic acids is 2. The highest BCUT2D eigenvalue weighted by Crippen LogP contribution is 2.29. The number of hydrogen-bond donors (Lipinski definition) is 0. The predicted octanol–water partition coefficient (Wildman–Crippen LogP) is 4.52. The molecule has 3 aromatic rings. The molecule has 5 nitrogen and oxygen atoms in total. The van der Waals surface area contributed by atoms with Crippen molar-refractivity contribution in [1.82, 2.24) is 9.88 Å². The molecule has 0 saturated heterocycles. The van der Waals surface area contributed by atoms with Crippen LogP contribution in [0.15, 0.2) is 48.5 Å². The highest BCUT2D eigenvalue weighted by atomic mass is 32.1. The van der Waals surface area contributed by atoms with Gasteiger partial charge in [-0.25, -0.2) is 9.78 Å². The first-order valence-electron chi connectivity index (χ1n) is 8.63. The second kappa shape index (κ2) is 8.20. The van der Waals surface area contributed by atoms with Gasteiger partial charge < -0.3 is 9.64 Å². The van der Waals surface area contributed by atoms with Gasteiger partial charge in [-0.3, -0.25) is 4.79 Å². The summed E-state index contributed by atoms with van der Waals surface area (Å²) in [6.45, 7) is 1.60. The lowest BCUT2D eigenvalue weighted by atomic mass is 10.1. The van der Waals surface area contributed by atoms with Gasteiger partial charge in [0.25, 0.3) is 5.91 Å². The van der Waals surface area contributed by atoms with Crippen molar-refractivity contribution < 1.29 is 27.5 Å². The summed E-state index contributed by atoms with van der Waals surface area (Å²) in [4.78, 5) is 30.5. The molecule has 9 heteroatoms. The molecule has 29 heavy (non-hydrogen) atoms. The lowest BCUT2D eigenvalue weighted by molar-refractivity contribution is -0.139. The normalized spacial score (nSPS) is 12.6. The third kappa shape index (κ3) is 4.92. The number of nitrogens with zero attached hydrogens (tertiary/aromatic N) is 2. The molecule has 0 aliphatic heterocycles. The third-order valence-electron chi connectivity index (χ3n) is 4.14. The molecule has 0 bridgehead atoms. The maximum Gasteiger partial charge on any atom is 0.416 e. The number of fused-ring (bicyclic) bond motifs is 1. The number of para-hydroxylation sites is 1. The van der Waals surface area contributed by atoms with Crippen molar-refractivity contribution in [3.05, 3.63) is 64.7 Å². The Labute approximate surface area is 168 Å². The number of ether oxygens (including phenoxy) is 1. The number of rotatable bonds is 5. The smallest absolute Gasteiger partial charge is 0.416 e. The zero-order valence-corrected chi connectivity index (χ0v) is 16.4. The third-order valence-corrected chi connectivity index (χ3v) is 5.17. The maximum absolute atomic E-state index is 12.8. The highest BCUT2D eigenvalue weighted by Gasteiger charge is 2.31. The molecule has 0 aliphatic carbocycles. The van der Waals surface area contributed by atoms with Crippen molar-refractivity contribution in [3.63, 3.8) is 0 Å². The number of amides is 1. The van der Waals surface area contributed by atoms with E-state index in [4.69, 9.17) is 4.74 Å². The fraction of sp³-hybridized carbons (Fsp3) is 0.250. The van der Waals surface area contributed by atoms with Gasteiger partial charge in [0.2, 0.25) is 0 Å². The van der Waals surface area contributed by atoms with Crippen LogP contribution in [0.3, 0.4) is 0 Å². The molecule has 0 radical (unpaired) electrons. The Balaban J connectivity index is 1.64. The van der Waals surface area contributed by atoms with Crippen molar-refractivity contribution in [1.29, 1.82) is 0 Å². The van der Waals surface area contributed by atoms with Gasteiger partial charge in [0.05, 0.1) is 27.9 Å². The standard InChI is InChI=1S/C20H17F3N2O3S/c1-12(28-19(27)13-6-5-7-14(10-13)20(21,22)23)18(26)25(2)11-17-24-15-8-3-4-9-16(15)29-17/h3-10,12H,11H2,1-2H3. The second-order valence-electron chi connectivity index (χ2n) is 6.40. The number of halogens is 3. The van der Waals surface area contributed by atoms with Gasteiger partial charge in [-0.1, -0.05) is 18.2 Å². The van der Waals surface area contributed by atoms with Crippen LogP contribution in [0, 0.1) is 0 Å². The fourth-order valence-electron chi connectivity index (χ4n) is 2.68. The summed E-state index contributed by atoms with van der Waals surface area (Å²) < 4.78 is 44.4. The minimum atomic E-state index is -4.57. The lowest BCUT2D eigenvalue weighted by Crippen LogP contribution is -2.37. The van der Waals surface area contributed by atoms with Crippen LogP contribution in [-0.2, 0) is 22.3 Å². The highest BCUT2D eigenvalue weighted by molar-refractivity contribution is 7.18. The average Bonchev–Trinajstić information content (AvgIpc) is 3.08. The number of alkyl halides is 3. The molecule has 1 amide bonds. The summed E-state index contributed by atoms with van der Waals surface area (Å²) in [5.74, 6) is -1.48. The van der Waals surface area contributed by atoms with Crippen LogP contribution in [0.4, 0.5) is 13.2 Å². The number of aromatic nitrogens is 1. The largest absolute Gasteiger partial charge is 0.449 e. The first kappa shape index (κ1) is 20.8. The first-order chi connectivity index (χ1) is 13.6. The van der Waals surface area contributed by atoms with Gasteiger partial charge in [-0.2, -0.15) is 13.2 Å². The fourth-order valence-corrected chi connectivity index (χ4v) is 3.70. The summed E-state index contributed by atoms with van der Waals surface area (Å²) in [6.07, 6.45) is -5.73. The zero-order chi connectivity index (χ0) is 21.2. The summed E-state index contributed by atoms with van der Waals surface area (Å²) in [7, 11) is 1.54. The number of likely N-dealkylation sites (N-methyl/N-ethyl adjacent to an activating group) is 1. The number of carbonyl (C=O) groups is 2. The number of esters is 1. The van der Waals surface area contributed by atoms with E-state index in [0.29, 0.717) is 6.07 Å². The van der Waals surface area contributed by atoms with E-state index in [0.717, 1.165) is 27.4 Å². The number of hydrogen-bond acceptors (Lipinski definition) is 5. The molecule has 1 unspecified atom stereocenters. The number of thiazole rings is 1. The molecular weight excluding hydrogens is 405 g/mol. The molecule has 0 N–H and O–H groups in total. The summed E-state index contributed by atoms with van der Waals surface area (Å²) >= 11 is 1.45. The minimum Gasteiger partial charge on any atom is -0.449 e. The van der Waals surface area contributed by atoms with Crippen molar-refractivity contribution in [3.8, 4) is 0 Å². The Bertz CT molecular complexity index is 1020. The van der Waals surface area contributed by atoms with Crippen LogP contribution in [0.25, 0.3) is 10.2 Å². The first-order valence-corrected chi connectivity index (χ1v) is 9.44. The van der Waals surface area contributed by atoms with Crippen molar-refractivity contribution in [2.45, 2.75) is 25.7 Å². The quantitative estimate of drug-likeness (QED) is 0.568. The van der Waals surface area contributed by atoms with E-state index in [2.05, 4.69) is 4.98 Å². The van der Waals surface area contributed by atoms with Crippen LogP contribution in [0.5, 0.6) is 0 Å². The molecule has 1 heterocycles. The Kier molecular flexibility index (Phi) is 5.88. The van der Waals surface area contributed by atoms with Crippen LogP contribution >= 0.6 is 11.3 Å². The van der Waals surface area contributed by atoms with Crippen LogP contribution < -0.4 is 0 Å². The van der Waals surface area contributed by atoms with Crippen LogP contribution in [0.1, 0.15) is 27.9 Å². The van der Waals surface area contributed by atoms with E-state index in [1.165, 1.54) is 29.2 Å². The Morgan fingerprint density at radius 3 is 2.59 bits per heavy atom. The molecule has 3 rings (SSSR count). The molecule has 0 aliphatic rings. The Morgan fingerprint density at radius 1 is 1.17 bits per heavy atom. The van der Waals surface area contributed by atoms with E-state index in [-0.39, 0.29) is 12.1 Å². The van der Waals surface area contributed by atoms with Gasteiger partial charge in [-0.05, 0) is 37.3 Å². The van der Waals surface area contributed by atoms with Crippen LogP contribution in [0.2, 0.25) is 0 Å². The maximum atomic E-state index is 12.8. The van der Waals surface area contributed by atoms with Crippen molar-refractivity contribution in [2.24, 2.45) is 0 Å². The van der Waals surface area contributed by atoms with E-state index in [1.54, 1.807) is 7.05 Å². The monoisotopic (exact) mass is 422 g/mol. The predicted molar refractivity (Wildman–Crippen MR) is 102 cm³/mol. The molecule has 0 spiro atoms. The van der Waals surface area contributed by atoms with Gasteiger partial charge in [0.1, 0.15) is 5.01 Å². The van der Waals surface area contributed by atoms with Gasteiger partial charge in [0, 0.05) is 7.05 Å². The summed E-state index contributed by atoms with van der Waals surface area (Å²) in [5, 5.41) is 0.721. The molecular formula is C20H17F3N2O3S. The Morgan fingerprint density at radius 2 is 1.90 bits per heavy atom. The molecule has 0 fully saturated rings. The van der Waals surface area contributed by atoms with Gasteiger partial charge >= 0.3 is 12.1 Å².